The number of carbonyl (C=O) groups is 1. The van der Waals surface area contributed by atoms with Crippen molar-refractivity contribution in [3.63, 3.8) is 0 Å². The number of carbonyl (C=O) groups excluding carboxylic acids is 1. The van der Waals surface area contributed by atoms with E-state index in [1.165, 1.54) is 0 Å². The Labute approximate surface area is 107 Å². The van der Waals surface area contributed by atoms with E-state index < -0.39 is 13.0 Å². The lowest BCUT2D eigenvalue weighted by molar-refractivity contribution is -0.121. The largest absolute Gasteiger partial charge is 0.375 e. The highest BCUT2D eigenvalue weighted by atomic mass is 19.3. The monoisotopic (exact) mass is 276 g/mol. The number of hydrogen-bond donors (Lipinski definition) is 2. The molecule has 0 radical (unpaired) electrons. The van der Waals surface area contributed by atoms with Crippen molar-refractivity contribution in [3.05, 3.63) is 11.7 Å². The first-order valence-electron chi connectivity index (χ1n) is 5.83. The molecule has 1 aliphatic rings. The van der Waals surface area contributed by atoms with E-state index in [1.54, 1.807) is 0 Å². The number of hydrogen-bond acceptors (Lipinski definition) is 6. The summed E-state index contributed by atoms with van der Waals surface area (Å²) in [6, 6.07) is -0.221. The average molecular weight is 276 g/mol. The summed E-state index contributed by atoms with van der Waals surface area (Å²) in [5.74, 6) is 0.670. The fourth-order valence-electron chi connectivity index (χ4n) is 1.59. The first-order chi connectivity index (χ1) is 9.15. The van der Waals surface area contributed by atoms with Crippen molar-refractivity contribution in [2.75, 3.05) is 26.3 Å². The van der Waals surface area contributed by atoms with E-state index in [2.05, 4.69) is 20.8 Å². The summed E-state index contributed by atoms with van der Waals surface area (Å²) in [6.45, 7) is 0.0846. The minimum atomic E-state index is -2.48. The molecule has 1 saturated heterocycles. The first kappa shape index (κ1) is 13.8. The van der Waals surface area contributed by atoms with E-state index in [0.29, 0.717) is 24.7 Å². The molecule has 1 fully saturated rings. The molecule has 9 heteroatoms. The summed E-state index contributed by atoms with van der Waals surface area (Å²) in [6.07, 6.45) is -2.18. The van der Waals surface area contributed by atoms with Crippen LogP contribution in [-0.4, -0.2) is 48.8 Å². The smallest absolute Gasteiger partial charge is 0.261 e. The van der Waals surface area contributed by atoms with Gasteiger partial charge in [0.2, 0.25) is 11.8 Å². The van der Waals surface area contributed by atoms with Gasteiger partial charge in [0.15, 0.2) is 5.82 Å². The second kappa shape index (κ2) is 6.53. The van der Waals surface area contributed by atoms with Gasteiger partial charge in [0, 0.05) is 13.0 Å². The number of aromatic nitrogens is 2. The fourth-order valence-corrected chi connectivity index (χ4v) is 1.59. The van der Waals surface area contributed by atoms with E-state index in [0.717, 1.165) is 0 Å². The van der Waals surface area contributed by atoms with Gasteiger partial charge in [0.05, 0.1) is 13.2 Å². The fraction of sp³-hybridized carbons (Fsp3) is 0.700. The molecule has 0 saturated carbocycles. The van der Waals surface area contributed by atoms with Gasteiger partial charge in [-0.2, -0.15) is 4.98 Å². The molecule has 1 unspecified atom stereocenters. The van der Waals surface area contributed by atoms with Crippen molar-refractivity contribution in [2.45, 2.75) is 18.9 Å². The Kier molecular flexibility index (Phi) is 4.74. The van der Waals surface area contributed by atoms with Gasteiger partial charge in [-0.25, -0.2) is 8.78 Å². The number of ether oxygens (including phenoxy) is 1. The van der Waals surface area contributed by atoms with Gasteiger partial charge >= 0.3 is 0 Å². The third-order valence-corrected chi connectivity index (χ3v) is 2.51. The van der Waals surface area contributed by atoms with E-state index in [-0.39, 0.29) is 25.1 Å². The van der Waals surface area contributed by atoms with Crippen molar-refractivity contribution < 1.29 is 22.8 Å². The maximum absolute atomic E-state index is 11.8. The number of nitrogens with zero attached hydrogens (tertiary/aromatic N) is 2. The molecule has 1 amide bonds. The molecule has 19 heavy (non-hydrogen) atoms. The van der Waals surface area contributed by atoms with Crippen LogP contribution in [0.15, 0.2) is 4.52 Å². The van der Waals surface area contributed by atoms with Gasteiger partial charge in [0.25, 0.3) is 6.43 Å². The Morgan fingerprint density at radius 1 is 1.53 bits per heavy atom. The maximum Gasteiger partial charge on any atom is 0.261 e. The molecule has 1 aromatic rings. The van der Waals surface area contributed by atoms with Crippen LogP contribution in [0.25, 0.3) is 0 Å². The Hall–Kier alpha value is -1.61. The highest BCUT2D eigenvalue weighted by molar-refractivity contribution is 5.78. The molecule has 2 heterocycles. The van der Waals surface area contributed by atoms with Gasteiger partial charge in [-0.1, -0.05) is 5.16 Å². The van der Waals surface area contributed by atoms with Gasteiger partial charge < -0.3 is 14.6 Å². The van der Waals surface area contributed by atoms with E-state index in [9.17, 15) is 13.6 Å². The normalized spacial score (nSPS) is 19.7. The highest BCUT2D eigenvalue weighted by Gasteiger charge is 2.23. The van der Waals surface area contributed by atoms with E-state index in [4.69, 9.17) is 9.26 Å². The van der Waals surface area contributed by atoms with E-state index in [1.807, 2.05) is 0 Å². The number of rotatable bonds is 6. The molecule has 0 spiro atoms. The van der Waals surface area contributed by atoms with Crippen molar-refractivity contribution in [2.24, 2.45) is 0 Å². The van der Waals surface area contributed by atoms with Crippen LogP contribution < -0.4 is 10.6 Å². The first-order valence-corrected chi connectivity index (χ1v) is 5.83. The summed E-state index contributed by atoms with van der Waals surface area (Å²) < 4.78 is 33.4. The second-order valence-corrected chi connectivity index (χ2v) is 4.00. The van der Waals surface area contributed by atoms with Gasteiger partial charge in [-0.15, -0.1) is 0 Å². The van der Waals surface area contributed by atoms with Crippen molar-refractivity contribution in [1.29, 1.82) is 0 Å². The molecule has 1 atom stereocenters. The lowest BCUT2D eigenvalue weighted by Gasteiger charge is -2.20. The summed E-state index contributed by atoms with van der Waals surface area (Å²) in [5.41, 5.74) is 0. The zero-order valence-electron chi connectivity index (χ0n) is 10.1. The molecular formula is C10H14F2N4O3. The number of alkyl halides is 2. The Balaban J connectivity index is 1.77. The number of halogens is 2. The van der Waals surface area contributed by atoms with Crippen LogP contribution in [0.4, 0.5) is 8.78 Å². The van der Waals surface area contributed by atoms with Crippen LogP contribution in [0.3, 0.4) is 0 Å². The van der Waals surface area contributed by atoms with Crippen molar-refractivity contribution >= 4 is 5.91 Å². The summed E-state index contributed by atoms with van der Waals surface area (Å²) in [7, 11) is 0. The van der Waals surface area contributed by atoms with Crippen LogP contribution in [0.5, 0.6) is 0 Å². The minimum Gasteiger partial charge on any atom is -0.375 e. The Morgan fingerprint density at radius 3 is 3.05 bits per heavy atom. The topological polar surface area (TPSA) is 89.3 Å². The molecule has 0 aromatic carbocycles. The predicted molar refractivity (Wildman–Crippen MR) is 58.6 cm³/mol. The predicted octanol–water partition coefficient (Wildman–Crippen LogP) is -0.346. The van der Waals surface area contributed by atoms with Crippen LogP contribution in [0.1, 0.15) is 17.8 Å². The zero-order chi connectivity index (χ0) is 13.7. The van der Waals surface area contributed by atoms with Gasteiger partial charge in [-0.05, 0) is 0 Å². The molecule has 106 valence electrons. The van der Waals surface area contributed by atoms with Gasteiger partial charge in [-0.3, -0.25) is 10.1 Å². The summed E-state index contributed by atoms with van der Waals surface area (Å²) in [5, 5.41) is 9.33. The van der Waals surface area contributed by atoms with Crippen LogP contribution in [0.2, 0.25) is 0 Å². The number of nitrogens with one attached hydrogen (secondary N) is 2. The lowest BCUT2D eigenvalue weighted by Crippen LogP contribution is -2.47. The maximum atomic E-state index is 11.8. The van der Waals surface area contributed by atoms with E-state index >= 15 is 0 Å². The third kappa shape index (κ3) is 4.21. The second-order valence-electron chi connectivity index (χ2n) is 4.00. The number of amides is 1. The zero-order valence-corrected chi connectivity index (χ0v) is 10.1. The molecular weight excluding hydrogens is 262 g/mol. The molecule has 2 N–H and O–H groups in total. The minimum absolute atomic E-state index is 0.0867. The van der Waals surface area contributed by atoms with Crippen molar-refractivity contribution in [3.8, 4) is 0 Å². The van der Waals surface area contributed by atoms with Crippen LogP contribution in [-0.2, 0) is 16.0 Å². The Bertz CT molecular complexity index is 417. The van der Waals surface area contributed by atoms with Crippen molar-refractivity contribution in [1.82, 2.24) is 20.8 Å². The summed E-state index contributed by atoms with van der Waals surface area (Å²) >= 11 is 0. The highest BCUT2D eigenvalue weighted by Crippen LogP contribution is 2.11. The lowest BCUT2D eigenvalue weighted by atomic mass is 10.2. The van der Waals surface area contributed by atoms with Gasteiger partial charge in [0.1, 0.15) is 12.6 Å². The summed E-state index contributed by atoms with van der Waals surface area (Å²) in [4.78, 5) is 15.1. The average Bonchev–Trinajstić information content (AvgIpc) is 2.84. The number of piperazine rings is 1. The molecule has 7 nitrogen and oxygen atoms in total. The molecule has 0 bridgehead atoms. The molecule has 2 rings (SSSR count). The standard InChI is InChI=1S/C10H14F2N4O3/c11-7(12)5-18-2-1-8-15-10(19-16-8)6-3-14-9(17)4-13-6/h6-7,13H,1-5H2,(H,14,17). The molecule has 0 aliphatic carbocycles. The van der Waals surface area contributed by atoms with Crippen LogP contribution in [0, 0.1) is 0 Å². The third-order valence-electron chi connectivity index (χ3n) is 2.51. The quantitative estimate of drug-likeness (QED) is 0.691. The SMILES string of the molecule is O=C1CNC(c2nc(CCOCC(F)F)no2)CN1. The molecule has 1 aliphatic heterocycles. The Morgan fingerprint density at radius 2 is 2.37 bits per heavy atom. The molecule has 1 aromatic heterocycles. The van der Waals surface area contributed by atoms with Crippen LogP contribution >= 0.6 is 0 Å².